The second-order valence-corrected chi connectivity index (χ2v) is 4.95. The minimum Gasteiger partial charge on any atom is -0.386 e. The number of aromatic nitrogens is 1. The van der Waals surface area contributed by atoms with Crippen molar-refractivity contribution >= 4 is 12.1 Å². The minimum atomic E-state index is -0.570. The lowest BCUT2D eigenvalue weighted by atomic mass is 10.2. The fourth-order valence-corrected chi connectivity index (χ4v) is 2.22. The van der Waals surface area contributed by atoms with Crippen LogP contribution < -0.4 is 5.43 Å². The van der Waals surface area contributed by atoms with Gasteiger partial charge in [0.15, 0.2) is 0 Å². The van der Waals surface area contributed by atoms with Crippen LogP contribution in [-0.4, -0.2) is 28.4 Å². The summed E-state index contributed by atoms with van der Waals surface area (Å²) in [4.78, 5) is 10.9. The average Bonchev–Trinajstić information content (AvgIpc) is 2.75. The number of carbonyl (C=O) groups excluding carboxylic acids is 1. The van der Waals surface area contributed by atoms with Crippen molar-refractivity contribution in [3.05, 3.63) is 52.8 Å². The van der Waals surface area contributed by atoms with E-state index in [0.717, 1.165) is 22.6 Å². The first-order chi connectivity index (χ1) is 10.0. The van der Waals surface area contributed by atoms with E-state index < -0.39 is 12.5 Å². The Bertz CT molecular complexity index is 670. The number of hydrazone groups is 1. The van der Waals surface area contributed by atoms with Gasteiger partial charge in [0.25, 0.3) is 5.91 Å². The molecule has 2 N–H and O–H groups in total. The second kappa shape index (κ2) is 6.37. The standard InChI is InChI=1S/C16H19N3O2/c1-11-4-6-15(7-5-11)19-12(2)8-14(13(19)3)9-17-18-16(21)10-20/h4-9,20H,10H2,1-3H3,(H,18,21)/b17-9-. The van der Waals surface area contributed by atoms with Crippen LogP contribution in [0.3, 0.4) is 0 Å². The first-order valence-electron chi connectivity index (χ1n) is 6.71. The maximum atomic E-state index is 10.9. The first-order valence-corrected chi connectivity index (χ1v) is 6.71. The zero-order valence-corrected chi connectivity index (χ0v) is 12.4. The Kier molecular flexibility index (Phi) is 4.55. The Hall–Kier alpha value is -2.40. The van der Waals surface area contributed by atoms with Gasteiger partial charge in [0, 0.05) is 22.6 Å². The lowest BCUT2D eigenvalue weighted by Crippen LogP contribution is -2.20. The summed E-state index contributed by atoms with van der Waals surface area (Å²) < 4.78 is 2.13. The minimum absolute atomic E-state index is 0.529. The van der Waals surface area contributed by atoms with E-state index in [1.807, 2.05) is 19.9 Å². The molecule has 1 aromatic heterocycles. The molecule has 0 fully saturated rings. The SMILES string of the molecule is Cc1ccc(-n2c(C)cc(/C=N\NC(=O)CO)c2C)cc1. The number of aryl methyl sites for hydroxylation is 2. The highest BCUT2D eigenvalue weighted by molar-refractivity contribution is 5.84. The summed E-state index contributed by atoms with van der Waals surface area (Å²) in [5, 5.41) is 12.5. The van der Waals surface area contributed by atoms with Crippen molar-refractivity contribution in [3.8, 4) is 5.69 Å². The number of nitrogens with zero attached hydrogens (tertiary/aromatic N) is 2. The molecule has 110 valence electrons. The van der Waals surface area contributed by atoms with Crippen LogP contribution in [0, 0.1) is 20.8 Å². The van der Waals surface area contributed by atoms with E-state index in [1.54, 1.807) is 6.21 Å². The van der Waals surface area contributed by atoms with Crippen molar-refractivity contribution in [3.63, 3.8) is 0 Å². The summed E-state index contributed by atoms with van der Waals surface area (Å²) in [7, 11) is 0. The van der Waals surface area contributed by atoms with Crippen molar-refractivity contribution in [1.82, 2.24) is 9.99 Å². The number of hydrogen-bond donors (Lipinski definition) is 2. The molecule has 0 aliphatic carbocycles. The van der Waals surface area contributed by atoms with Crippen molar-refractivity contribution in [1.29, 1.82) is 0 Å². The Morgan fingerprint density at radius 1 is 1.29 bits per heavy atom. The fourth-order valence-electron chi connectivity index (χ4n) is 2.22. The molecule has 1 heterocycles. The zero-order chi connectivity index (χ0) is 15.4. The van der Waals surface area contributed by atoms with E-state index in [1.165, 1.54) is 5.56 Å². The Balaban J connectivity index is 2.29. The molecule has 0 aliphatic rings. The average molecular weight is 285 g/mol. The predicted octanol–water partition coefficient (Wildman–Crippen LogP) is 1.84. The molecular formula is C16H19N3O2. The highest BCUT2D eigenvalue weighted by atomic mass is 16.3. The van der Waals surface area contributed by atoms with Crippen LogP contribution in [0.25, 0.3) is 5.69 Å². The van der Waals surface area contributed by atoms with Gasteiger partial charge in [-0.1, -0.05) is 17.7 Å². The van der Waals surface area contributed by atoms with E-state index in [0.29, 0.717) is 0 Å². The smallest absolute Gasteiger partial charge is 0.265 e. The molecule has 1 aromatic carbocycles. The molecule has 0 unspecified atom stereocenters. The summed E-state index contributed by atoms with van der Waals surface area (Å²) in [5.41, 5.74) is 7.62. The third kappa shape index (κ3) is 3.38. The molecule has 2 rings (SSSR count). The van der Waals surface area contributed by atoms with Crippen LogP contribution >= 0.6 is 0 Å². The van der Waals surface area contributed by atoms with Crippen LogP contribution in [-0.2, 0) is 4.79 Å². The molecule has 0 atom stereocenters. The van der Waals surface area contributed by atoms with Gasteiger partial charge in [0.2, 0.25) is 0 Å². The van der Waals surface area contributed by atoms with E-state index in [4.69, 9.17) is 5.11 Å². The summed E-state index contributed by atoms with van der Waals surface area (Å²) in [6.07, 6.45) is 1.58. The molecule has 5 heteroatoms. The quantitative estimate of drug-likeness (QED) is 0.665. The van der Waals surface area contributed by atoms with Crippen molar-refractivity contribution in [2.75, 3.05) is 6.61 Å². The number of nitrogens with one attached hydrogen (secondary N) is 1. The van der Waals surface area contributed by atoms with Crippen molar-refractivity contribution in [2.45, 2.75) is 20.8 Å². The van der Waals surface area contributed by atoms with Gasteiger partial charge in [-0.05, 0) is 39.0 Å². The third-order valence-corrected chi connectivity index (χ3v) is 3.30. The van der Waals surface area contributed by atoms with E-state index in [9.17, 15) is 4.79 Å². The third-order valence-electron chi connectivity index (χ3n) is 3.30. The number of rotatable bonds is 4. The molecule has 0 saturated carbocycles. The highest BCUT2D eigenvalue weighted by Gasteiger charge is 2.09. The Morgan fingerprint density at radius 2 is 1.95 bits per heavy atom. The van der Waals surface area contributed by atoms with Gasteiger partial charge < -0.3 is 9.67 Å². The Morgan fingerprint density at radius 3 is 2.57 bits per heavy atom. The van der Waals surface area contributed by atoms with Crippen LogP contribution in [0.15, 0.2) is 35.4 Å². The van der Waals surface area contributed by atoms with Crippen molar-refractivity contribution < 1.29 is 9.90 Å². The van der Waals surface area contributed by atoms with E-state index in [2.05, 4.69) is 46.3 Å². The molecule has 1 amide bonds. The predicted molar refractivity (Wildman–Crippen MR) is 82.8 cm³/mol. The number of hydrogen-bond acceptors (Lipinski definition) is 3. The van der Waals surface area contributed by atoms with Crippen LogP contribution in [0.5, 0.6) is 0 Å². The number of benzene rings is 1. The van der Waals surface area contributed by atoms with Crippen molar-refractivity contribution in [2.24, 2.45) is 5.10 Å². The monoisotopic (exact) mass is 285 g/mol. The molecule has 5 nitrogen and oxygen atoms in total. The molecular weight excluding hydrogens is 266 g/mol. The number of aliphatic hydroxyl groups excluding tert-OH is 1. The summed E-state index contributed by atoms with van der Waals surface area (Å²) >= 11 is 0. The maximum Gasteiger partial charge on any atom is 0.265 e. The molecule has 0 aliphatic heterocycles. The molecule has 21 heavy (non-hydrogen) atoms. The molecule has 0 radical (unpaired) electrons. The molecule has 2 aromatic rings. The van der Waals surface area contributed by atoms with Gasteiger partial charge in [0.1, 0.15) is 6.61 Å². The van der Waals surface area contributed by atoms with E-state index >= 15 is 0 Å². The zero-order valence-electron chi connectivity index (χ0n) is 12.4. The summed E-state index contributed by atoms with van der Waals surface area (Å²) in [6, 6.07) is 10.3. The van der Waals surface area contributed by atoms with Gasteiger partial charge in [-0.3, -0.25) is 4.79 Å². The molecule has 0 bridgehead atoms. The first kappa shape index (κ1) is 15.0. The normalized spacial score (nSPS) is 11.0. The highest BCUT2D eigenvalue weighted by Crippen LogP contribution is 2.20. The topological polar surface area (TPSA) is 66.6 Å². The summed E-state index contributed by atoms with van der Waals surface area (Å²) in [5.74, 6) is -0.529. The summed E-state index contributed by atoms with van der Waals surface area (Å²) in [6.45, 7) is 5.51. The Labute approximate surface area is 123 Å². The fraction of sp³-hybridized carbons (Fsp3) is 0.250. The van der Waals surface area contributed by atoms with Gasteiger partial charge in [0.05, 0.1) is 6.21 Å². The lowest BCUT2D eigenvalue weighted by Gasteiger charge is -2.09. The van der Waals surface area contributed by atoms with Crippen LogP contribution in [0.1, 0.15) is 22.5 Å². The lowest BCUT2D eigenvalue weighted by molar-refractivity contribution is -0.123. The maximum absolute atomic E-state index is 10.9. The number of amides is 1. The van der Waals surface area contributed by atoms with E-state index in [-0.39, 0.29) is 0 Å². The van der Waals surface area contributed by atoms with Crippen LogP contribution in [0.4, 0.5) is 0 Å². The molecule has 0 saturated heterocycles. The largest absolute Gasteiger partial charge is 0.386 e. The number of aliphatic hydroxyl groups is 1. The van der Waals surface area contributed by atoms with Gasteiger partial charge >= 0.3 is 0 Å². The van der Waals surface area contributed by atoms with Gasteiger partial charge in [-0.25, -0.2) is 5.43 Å². The van der Waals surface area contributed by atoms with Gasteiger partial charge in [-0.2, -0.15) is 5.10 Å². The second-order valence-electron chi connectivity index (χ2n) is 4.95. The van der Waals surface area contributed by atoms with Crippen LogP contribution in [0.2, 0.25) is 0 Å². The van der Waals surface area contributed by atoms with Gasteiger partial charge in [-0.15, -0.1) is 0 Å². The molecule has 0 spiro atoms. The number of carbonyl (C=O) groups is 1.